The summed E-state index contributed by atoms with van der Waals surface area (Å²) < 4.78 is 5.12. The molecular weight excluding hydrogens is 323 g/mol. The van der Waals surface area contributed by atoms with Crippen molar-refractivity contribution in [2.45, 2.75) is 12.5 Å². The van der Waals surface area contributed by atoms with Crippen LogP contribution in [0.1, 0.15) is 6.42 Å². The number of nitrogens with one attached hydrogen (secondary N) is 1. The fraction of sp³-hybridized carbons (Fsp3) is 0.250. The van der Waals surface area contributed by atoms with Gasteiger partial charge >= 0.3 is 5.97 Å². The van der Waals surface area contributed by atoms with Crippen molar-refractivity contribution in [1.29, 1.82) is 0 Å². The Bertz CT molecular complexity index is 565. The zero-order valence-corrected chi connectivity index (χ0v) is 12.1. The molecule has 0 aliphatic heterocycles. The maximum absolute atomic E-state index is 11.6. The van der Waals surface area contributed by atoms with Gasteiger partial charge in [-0.25, -0.2) is 4.79 Å². The number of hydrogen-bond acceptors (Lipinski definition) is 4. The van der Waals surface area contributed by atoms with E-state index >= 15 is 0 Å². The largest absolute Gasteiger partial charge is 0.484 e. The number of carbonyl (C=O) groups is 3. The first kappa shape index (κ1) is 17.1. The third-order valence-corrected chi connectivity index (χ3v) is 3.04. The van der Waals surface area contributed by atoms with Gasteiger partial charge in [0, 0.05) is 6.07 Å². The van der Waals surface area contributed by atoms with Crippen molar-refractivity contribution in [2.24, 2.45) is 5.73 Å². The average Bonchev–Trinajstić information content (AvgIpc) is 2.38. The average molecular weight is 335 g/mol. The summed E-state index contributed by atoms with van der Waals surface area (Å²) in [6.45, 7) is -0.444. The van der Waals surface area contributed by atoms with Crippen molar-refractivity contribution in [3.05, 3.63) is 28.2 Å². The predicted molar refractivity (Wildman–Crippen MR) is 75.3 cm³/mol. The van der Waals surface area contributed by atoms with Crippen LogP contribution in [0.25, 0.3) is 0 Å². The van der Waals surface area contributed by atoms with Gasteiger partial charge < -0.3 is 20.9 Å². The van der Waals surface area contributed by atoms with Crippen molar-refractivity contribution < 1.29 is 24.2 Å². The highest BCUT2D eigenvalue weighted by Gasteiger charge is 2.22. The minimum atomic E-state index is -1.40. The number of benzene rings is 1. The van der Waals surface area contributed by atoms with Crippen LogP contribution in [-0.2, 0) is 14.4 Å². The number of carbonyl (C=O) groups excluding carboxylic acids is 2. The molecule has 2 amide bonds. The Morgan fingerprint density at radius 1 is 1.29 bits per heavy atom. The number of ether oxygens (including phenoxy) is 1. The lowest BCUT2D eigenvalue weighted by Crippen LogP contribution is -2.45. The van der Waals surface area contributed by atoms with Gasteiger partial charge in [-0.05, 0) is 12.1 Å². The quantitative estimate of drug-likeness (QED) is 0.681. The van der Waals surface area contributed by atoms with E-state index in [9.17, 15) is 14.4 Å². The fourth-order valence-corrected chi connectivity index (χ4v) is 1.64. The summed E-state index contributed by atoms with van der Waals surface area (Å²) >= 11 is 11.5. The van der Waals surface area contributed by atoms with Gasteiger partial charge in [-0.15, -0.1) is 0 Å². The van der Waals surface area contributed by atoms with Crippen molar-refractivity contribution >= 4 is 41.0 Å². The molecule has 1 aromatic carbocycles. The molecule has 7 nitrogen and oxygen atoms in total. The molecule has 1 aromatic rings. The van der Waals surface area contributed by atoms with E-state index in [0.29, 0.717) is 10.8 Å². The van der Waals surface area contributed by atoms with Crippen LogP contribution in [0.4, 0.5) is 0 Å². The molecule has 0 bridgehead atoms. The normalized spacial score (nSPS) is 11.5. The van der Waals surface area contributed by atoms with Crippen LogP contribution in [0.5, 0.6) is 5.75 Å². The second kappa shape index (κ2) is 7.70. The summed E-state index contributed by atoms with van der Waals surface area (Å²) in [7, 11) is 0. The number of rotatable bonds is 7. The van der Waals surface area contributed by atoms with Gasteiger partial charge in [0.15, 0.2) is 6.61 Å². The maximum atomic E-state index is 11.6. The van der Waals surface area contributed by atoms with E-state index in [1.165, 1.54) is 18.2 Å². The topological polar surface area (TPSA) is 119 Å². The zero-order chi connectivity index (χ0) is 16.0. The Labute approximate surface area is 130 Å². The number of amides is 2. The monoisotopic (exact) mass is 334 g/mol. The summed E-state index contributed by atoms with van der Waals surface area (Å²) in [5.74, 6) is -2.62. The number of halogens is 2. The number of primary amides is 1. The minimum absolute atomic E-state index is 0.256. The molecular formula is C12H12Cl2N2O5. The predicted octanol–water partition coefficient (Wildman–Crippen LogP) is 0.817. The van der Waals surface area contributed by atoms with E-state index < -0.39 is 36.9 Å². The Hall–Kier alpha value is -1.99. The van der Waals surface area contributed by atoms with Crippen molar-refractivity contribution in [3.63, 3.8) is 0 Å². The van der Waals surface area contributed by atoms with E-state index in [1.807, 2.05) is 0 Å². The van der Waals surface area contributed by atoms with Crippen LogP contribution in [-0.4, -0.2) is 35.5 Å². The Kier molecular flexibility index (Phi) is 6.26. The highest BCUT2D eigenvalue weighted by atomic mass is 35.5. The van der Waals surface area contributed by atoms with Crippen molar-refractivity contribution in [2.75, 3.05) is 6.61 Å². The first-order chi connectivity index (χ1) is 9.79. The fourth-order valence-electron chi connectivity index (χ4n) is 1.35. The van der Waals surface area contributed by atoms with E-state index in [-0.39, 0.29) is 5.02 Å². The summed E-state index contributed by atoms with van der Waals surface area (Å²) in [6, 6.07) is 3.01. The van der Waals surface area contributed by atoms with Crippen LogP contribution < -0.4 is 15.8 Å². The van der Waals surface area contributed by atoms with Crippen LogP contribution in [0, 0.1) is 0 Å². The molecule has 1 atom stereocenters. The van der Waals surface area contributed by atoms with Crippen molar-refractivity contribution in [3.8, 4) is 5.75 Å². The van der Waals surface area contributed by atoms with Gasteiger partial charge in [0.25, 0.3) is 5.91 Å². The molecule has 0 aliphatic rings. The Morgan fingerprint density at radius 2 is 1.95 bits per heavy atom. The lowest BCUT2D eigenvalue weighted by Gasteiger charge is -2.13. The lowest BCUT2D eigenvalue weighted by atomic mass is 10.2. The standard InChI is InChI=1S/C12H12Cl2N2O5/c13-7-2-1-6(3-8(7)14)21-5-11(18)16-9(12(19)20)4-10(15)17/h1-3,9H,4-5H2,(H2,15,17)(H,16,18)(H,19,20). The molecule has 0 heterocycles. The van der Waals surface area contributed by atoms with Crippen LogP contribution in [0.2, 0.25) is 10.0 Å². The number of carboxylic acids is 1. The first-order valence-electron chi connectivity index (χ1n) is 5.68. The van der Waals surface area contributed by atoms with Crippen LogP contribution >= 0.6 is 23.2 Å². The Morgan fingerprint density at radius 3 is 2.48 bits per heavy atom. The molecule has 0 radical (unpaired) electrons. The molecule has 0 saturated carbocycles. The summed E-state index contributed by atoms with van der Waals surface area (Å²) in [5, 5.41) is 11.5. The van der Waals surface area contributed by atoms with E-state index in [1.54, 1.807) is 0 Å². The molecule has 0 aliphatic carbocycles. The van der Waals surface area contributed by atoms with Gasteiger partial charge in [0.2, 0.25) is 5.91 Å². The molecule has 0 saturated heterocycles. The lowest BCUT2D eigenvalue weighted by molar-refractivity contribution is -0.143. The number of aliphatic carboxylic acids is 1. The molecule has 0 spiro atoms. The van der Waals surface area contributed by atoms with Gasteiger partial charge in [0.05, 0.1) is 16.5 Å². The first-order valence-corrected chi connectivity index (χ1v) is 6.43. The van der Waals surface area contributed by atoms with Crippen LogP contribution in [0.15, 0.2) is 18.2 Å². The molecule has 9 heteroatoms. The van der Waals surface area contributed by atoms with Crippen LogP contribution in [0.3, 0.4) is 0 Å². The molecule has 0 fully saturated rings. The Balaban J connectivity index is 2.54. The molecule has 1 rings (SSSR count). The van der Waals surface area contributed by atoms with Gasteiger partial charge in [-0.3, -0.25) is 9.59 Å². The highest BCUT2D eigenvalue weighted by Crippen LogP contribution is 2.26. The minimum Gasteiger partial charge on any atom is -0.484 e. The second-order valence-corrected chi connectivity index (χ2v) is 4.81. The van der Waals surface area contributed by atoms with Gasteiger partial charge in [-0.2, -0.15) is 0 Å². The molecule has 4 N–H and O–H groups in total. The second-order valence-electron chi connectivity index (χ2n) is 3.99. The summed E-state index contributed by atoms with van der Waals surface area (Å²) in [6.07, 6.45) is -0.506. The third-order valence-electron chi connectivity index (χ3n) is 2.30. The summed E-state index contributed by atoms with van der Waals surface area (Å²) in [4.78, 5) is 33.1. The van der Waals surface area contributed by atoms with Gasteiger partial charge in [-0.1, -0.05) is 23.2 Å². The maximum Gasteiger partial charge on any atom is 0.326 e. The summed E-state index contributed by atoms with van der Waals surface area (Å²) in [5.41, 5.74) is 4.89. The third kappa shape index (κ3) is 5.88. The SMILES string of the molecule is NC(=O)CC(NC(=O)COc1ccc(Cl)c(Cl)c1)C(=O)O. The number of nitrogens with two attached hydrogens (primary N) is 1. The number of carboxylic acid groups (broad SMARTS) is 1. The van der Waals surface area contributed by atoms with Gasteiger partial charge in [0.1, 0.15) is 11.8 Å². The molecule has 1 unspecified atom stereocenters. The van der Waals surface area contributed by atoms with E-state index in [0.717, 1.165) is 0 Å². The molecule has 0 aromatic heterocycles. The van der Waals surface area contributed by atoms with E-state index in [2.05, 4.69) is 5.32 Å². The van der Waals surface area contributed by atoms with E-state index in [4.69, 9.17) is 38.8 Å². The zero-order valence-electron chi connectivity index (χ0n) is 10.6. The molecule has 21 heavy (non-hydrogen) atoms. The highest BCUT2D eigenvalue weighted by molar-refractivity contribution is 6.42. The number of hydrogen-bond donors (Lipinski definition) is 3. The van der Waals surface area contributed by atoms with Crippen molar-refractivity contribution in [1.82, 2.24) is 5.32 Å². The molecule has 114 valence electrons. The smallest absolute Gasteiger partial charge is 0.326 e.